The molecule has 1 aliphatic heterocycles. The number of benzene rings is 2. The minimum Gasteiger partial charge on any atom is -0.493 e. The molecule has 2 aromatic heterocycles. The van der Waals surface area contributed by atoms with Crippen LogP contribution in [0.25, 0.3) is 22.0 Å². The molecule has 0 saturated carbocycles. The third kappa shape index (κ3) is 4.53. The van der Waals surface area contributed by atoms with E-state index in [2.05, 4.69) is 47.3 Å². The summed E-state index contributed by atoms with van der Waals surface area (Å²) in [7, 11) is 6.98. The lowest BCUT2D eigenvalue weighted by molar-refractivity contribution is -0.165. The van der Waals surface area contributed by atoms with Crippen LogP contribution in [-0.2, 0) is 11.2 Å². The summed E-state index contributed by atoms with van der Waals surface area (Å²) in [4.78, 5) is 7.04. The fourth-order valence-corrected chi connectivity index (χ4v) is 4.91. The fraction of sp³-hybridized carbons (Fsp3) is 0.345. The maximum absolute atomic E-state index is 6.24. The van der Waals surface area contributed by atoms with Gasteiger partial charge in [0.15, 0.2) is 11.5 Å². The fourth-order valence-electron chi connectivity index (χ4n) is 4.91. The van der Waals surface area contributed by atoms with Gasteiger partial charge in [0.2, 0.25) is 5.79 Å². The summed E-state index contributed by atoms with van der Waals surface area (Å²) in [6.45, 7) is 4.14. The van der Waals surface area contributed by atoms with Gasteiger partial charge in [-0.05, 0) is 36.2 Å². The number of pyridine rings is 1. The van der Waals surface area contributed by atoms with Gasteiger partial charge >= 0.3 is 0 Å². The molecule has 5 rings (SSSR count). The van der Waals surface area contributed by atoms with Gasteiger partial charge in [0.1, 0.15) is 11.6 Å². The highest BCUT2D eigenvalue weighted by atomic mass is 16.7. The Bertz CT molecular complexity index is 1430. The molecule has 1 unspecified atom stereocenters. The first-order valence-corrected chi connectivity index (χ1v) is 12.3. The summed E-state index contributed by atoms with van der Waals surface area (Å²) in [5.74, 6) is 2.23. The van der Waals surface area contributed by atoms with Crippen molar-refractivity contribution in [2.75, 3.05) is 33.3 Å². The molecule has 0 saturated heterocycles. The highest BCUT2D eigenvalue weighted by molar-refractivity contribution is 5.95. The molecule has 0 spiro atoms. The lowest BCUT2D eigenvalue weighted by Crippen LogP contribution is -2.44. The molecule has 0 amide bonds. The number of aryl methyl sites for hydroxylation is 1. The van der Waals surface area contributed by atoms with Gasteiger partial charge in [0.25, 0.3) is 0 Å². The number of ether oxygens (including phenoxy) is 4. The molecule has 3 heterocycles. The van der Waals surface area contributed by atoms with E-state index < -0.39 is 5.79 Å². The molecule has 0 aliphatic carbocycles. The van der Waals surface area contributed by atoms with Gasteiger partial charge in [-0.1, -0.05) is 19.1 Å². The van der Waals surface area contributed by atoms with Crippen LogP contribution in [0.15, 0.2) is 54.9 Å². The Kier molecular flexibility index (Phi) is 6.60. The van der Waals surface area contributed by atoms with Crippen LogP contribution in [0.5, 0.6) is 17.2 Å². The summed E-state index contributed by atoms with van der Waals surface area (Å²) in [6.07, 6.45) is 5.25. The number of anilines is 1. The first-order valence-electron chi connectivity index (χ1n) is 12.3. The predicted octanol–water partition coefficient (Wildman–Crippen LogP) is 5.59. The molecule has 192 valence electrons. The van der Waals surface area contributed by atoms with Gasteiger partial charge in [0.05, 0.1) is 32.0 Å². The Morgan fingerprint density at radius 3 is 2.49 bits per heavy atom. The molecular weight excluding hydrogens is 468 g/mol. The lowest BCUT2D eigenvalue weighted by Gasteiger charge is -2.42. The number of hydrogen-bond acceptors (Lipinski definition) is 8. The van der Waals surface area contributed by atoms with Gasteiger partial charge in [-0.3, -0.25) is 0 Å². The number of fused-ring (bicyclic) bond motifs is 2. The normalized spacial score (nSPS) is 18.7. The second kappa shape index (κ2) is 9.86. The van der Waals surface area contributed by atoms with Crippen LogP contribution in [-0.4, -0.2) is 49.3 Å². The van der Waals surface area contributed by atoms with Crippen LogP contribution in [0.1, 0.15) is 37.4 Å². The van der Waals surface area contributed by atoms with E-state index in [1.54, 1.807) is 27.5 Å². The van der Waals surface area contributed by atoms with E-state index in [0.717, 1.165) is 45.6 Å². The van der Waals surface area contributed by atoms with Crippen LogP contribution in [0.2, 0.25) is 0 Å². The first kappa shape index (κ1) is 24.8. The summed E-state index contributed by atoms with van der Waals surface area (Å²) in [6, 6.07) is 14.3. The van der Waals surface area contributed by atoms with Crippen molar-refractivity contribution in [3.63, 3.8) is 0 Å². The lowest BCUT2D eigenvalue weighted by atomic mass is 9.92. The molecular formula is C29H32N4O4. The summed E-state index contributed by atoms with van der Waals surface area (Å²) < 4.78 is 22.9. The standard InChI is InChI=1S/C29H32N4O4/c1-7-18-8-10-25-21(12-18)24(15-29(2,36-6)37-25)33(3)28-11-9-19(16-30-28)22-17-31-32-23-14-27(35-5)26(34-4)13-20(22)23/h8-14,16-17,24H,7,15H2,1-6H3/t24-,29?/m1/s1. The topological polar surface area (TPSA) is 78.8 Å². The quantitative estimate of drug-likeness (QED) is 0.325. The third-order valence-corrected chi connectivity index (χ3v) is 7.20. The highest BCUT2D eigenvalue weighted by Crippen LogP contribution is 2.44. The molecule has 0 bridgehead atoms. The third-order valence-electron chi connectivity index (χ3n) is 7.20. The van der Waals surface area contributed by atoms with Crippen molar-refractivity contribution < 1.29 is 18.9 Å². The molecule has 8 heteroatoms. The Morgan fingerprint density at radius 1 is 1.03 bits per heavy atom. The molecule has 2 atom stereocenters. The van der Waals surface area contributed by atoms with Crippen molar-refractivity contribution in [2.45, 2.75) is 38.5 Å². The zero-order valence-electron chi connectivity index (χ0n) is 22.1. The van der Waals surface area contributed by atoms with Crippen LogP contribution < -0.4 is 19.1 Å². The van der Waals surface area contributed by atoms with Crippen LogP contribution >= 0.6 is 0 Å². The van der Waals surface area contributed by atoms with E-state index >= 15 is 0 Å². The Morgan fingerprint density at radius 2 is 1.81 bits per heavy atom. The van der Waals surface area contributed by atoms with Crippen molar-refractivity contribution >= 4 is 16.7 Å². The number of methoxy groups -OCH3 is 3. The highest BCUT2D eigenvalue weighted by Gasteiger charge is 2.39. The minimum atomic E-state index is -0.721. The smallest absolute Gasteiger partial charge is 0.209 e. The summed E-state index contributed by atoms with van der Waals surface area (Å²) in [5.41, 5.74) is 5.00. The maximum atomic E-state index is 6.24. The molecule has 0 N–H and O–H groups in total. The average Bonchev–Trinajstić information content (AvgIpc) is 2.95. The van der Waals surface area contributed by atoms with Gasteiger partial charge in [0, 0.05) is 61.8 Å². The summed E-state index contributed by atoms with van der Waals surface area (Å²) in [5, 5.41) is 9.40. The molecule has 2 aromatic carbocycles. The molecule has 0 radical (unpaired) electrons. The van der Waals surface area contributed by atoms with E-state index in [-0.39, 0.29) is 6.04 Å². The molecule has 37 heavy (non-hydrogen) atoms. The monoisotopic (exact) mass is 500 g/mol. The largest absolute Gasteiger partial charge is 0.493 e. The predicted molar refractivity (Wildman–Crippen MR) is 143 cm³/mol. The van der Waals surface area contributed by atoms with Gasteiger partial charge in [-0.2, -0.15) is 10.2 Å². The average molecular weight is 501 g/mol. The van der Waals surface area contributed by atoms with E-state index in [1.807, 2.05) is 37.4 Å². The second-order valence-corrected chi connectivity index (χ2v) is 9.38. The minimum absolute atomic E-state index is 0.0405. The van der Waals surface area contributed by atoms with Gasteiger partial charge < -0.3 is 23.8 Å². The SMILES string of the molecule is CCc1ccc2c(c1)[C@H](N(C)c1ccc(-c3cnnc4cc(OC)c(OC)cc34)cn1)CC(C)(OC)O2. The van der Waals surface area contributed by atoms with Gasteiger partial charge in [-0.15, -0.1) is 0 Å². The first-order chi connectivity index (χ1) is 17.9. The number of nitrogens with zero attached hydrogens (tertiary/aromatic N) is 4. The molecule has 8 nitrogen and oxygen atoms in total. The second-order valence-electron chi connectivity index (χ2n) is 9.38. The van der Waals surface area contributed by atoms with Crippen LogP contribution in [0.4, 0.5) is 5.82 Å². The zero-order chi connectivity index (χ0) is 26.2. The van der Waals surface area contributed by atoms with Crippen molar-refractivity contribution in [3.8, 4) is 28.4 Å². The Labute approximate surface area is 217 Å². The van der Waals surface area contributed by atoms with E-state index in [0.29, 0.717) is 17.9 Å². The number of aromatic nitrogens is 3. The molecule has 4 aromatic rings. The van der Waals surface area contributed by atoms with Gasteiger partial charge in [-0.25, -0.2) is 4.98 Å². The van der Waals surface area contributed by atoms with Crippen molar-refractivity contribution in [2.24, 2.45) is 0 Å². The Hall–Kier alpha value is -3.91. The van der Waals surface area contributed by atoms with E-state index in [1.165, 1.54) is 5.56 Å². The number of hydrogen-bond donors (Lipinski definition) is 0. The van der Waals surface area contributed by atoms with E-state index in [9.17, 15) is 0 Å². The van der Waals surface area contributed by atoms with Crippen molar-refractivity contribution in [1.29, 1.82) is 0 Å². The molecule has 0 fully saturated rings. The number of rotatable bonds is 7. The Balaban J connectivity index is 1.50. The van der Waals surface area contributed by atoms with Crippen LogP contribution in [0.3, 0.4) is 0 Å². The maximum Gasteiger partial charge on any atom is 0.209 e. The molecule has 1 aliphatic rings. The summed E-state index contributed by atoms with van der Waals surface area (Å²) >= 11 is 0. The van der Waals surface area contributed by atoms with Crippen molar-refractivity contribution in [3.05, 3.63) is 66.0 Å². The zero-order valence-corrected chi connectivity index (χ0v) is 22.1. The van der Waals surface area contributed by atoms with E-state index in [4.69, 9.17) is 23.9 Å². The van der Waals surface area contributed by atoms with Crippen molar-refractivity contribution in [1.82, 2.24) is 15.2 Å². The van der Waals surface area contributed by atoms with Crippen LogP contribution in [0, 0.1) is 0 Å².